The molecule has 1 N–H and O–H groups in total. The summed E-state index contributed by atoms with van der Waals surface area (Å²) < 4.78 is 0. The SMILES string of the molecule is CCNC(c1ccc(C)cc1)C1CCCC(CC)C1. The van der Waals surface area contributed by atoms with Crippen LogP contribution in [0.1, 0.15) is 63.1 Å². The molecule has 1 saturated carbocycles. The molecule has 0 amide bonds. The Morgan fingerprint density at radius 1 is 1.16 bits per heavy atom. The zero-order valence-corrected chi connectivity index (χ0v) is 12.8. The molecule has 106 valence electrons. The van der Waals surface area contributed by atoms with E-state index in [-0.39, 0.29) is 0 Å². The van der Waals surface area contributed by atoms with Crippen molar-refractivity contribution in [3.63, 3.8) is 0 Å². The maximum atomic E-state index is 3.73. The molecule has 0 aliphatic heterocycles. The van der Waals surface area contributed by atoms with Crippen LogP contribution in [0.25, 0.3) is 0 Å². The fourth-order valence-electron chi connectivity index (χ4n) is 3.56. The Morgan fingerprint density at radius 2 is 1.89 bits per heavy atom. The standard InChI is InChI=1S/C18H29N/c1-4-15-7-6-8-17(13-15)18(19-5-2)16-11-9-14(3)10-12-16/h9-12,15,17-19H,4-8,13H2,1-3H3. The highest BCUT2D eigenvalue weighted by molar-refractivity contribution is 5.24. The maximum absolute atomic E-state index is 3.73. The average molecular weight is 259 g/mol. The molecule has 1 aliphatic carbocycles. The Hall–Kier alpha value is -0.820. The van der Waals surface area contributed by atoms with Crippen molar-refractivity contribution in [2.45, 2.75) is 58.9 Å². The lowest BCUT2D eigenvalue weighted by atomic mass is 9.75. The largest absolute Gasteiger partial charge is 0.310 e. The molecule has 0 spiro atoms. The molecule has 0 bridgehead atoms. The first-order valence-electron chi connectivity index (χ1n) is 8.04. The third-order valence-electron chi connectivity index (χ3n) is 4.73. The monoisotopic (exact) mass is 259 g/mol. The number of hydrogen-bond acceptors (Lipinski definition) is 1. The van der Waals surface area contributed by atoms with Crippen molar-refractivity contribution < 1.29 is 0 Å². The molecular formula is C18H29N. The van der Waals surface area contributed by atoms with Crippen LogP contribution in [0.15, 0.2) is 24.3 Å². The quantitative estimate of drug-likeness (QED) is 0.796. The van der Waals surface area contributed by atoms with Gasteiger partial charge < -0.3 is 5.32 Å². The number of hydrogen-bond donors (Lipinski definition) is 1. The van der Waals surface area contributed by atoms with E-state index in [1.165, 1.54) is 43.2 Å². The van der Waals surface area contributed by atoms with Crippen LogP contribution >= 0.6 is 0 Å². The van der Waals surface area contributed by atoms with E-state index in [0.717, 1.165) is 18.4 Å². The molecular weight excluding hydrogens is 230 g/mol. The molecule has 3 unspecified atom stereocenters. The van der Waals surface area contributed by atoms with Crippen molar-refractivity contribution in [1.29, 1.82) is 0 Å². The normalized spacial score (nSPS) is 25.2. The molecule has 19 heavy (non-hydrogen) atoms. The second kappa shape index (κ2) is 7.09. The van der Waals surface area contributed by atoms with Crippen LogP contribution in [0.3, 0.4) is 0 Å². The predicted octanol–water partition coefficient (Wildman–Crippen LogP) is 4.86. The lowest BCUT2D eigenvalue weighted by molar-refractivity contribution is 0.210. The highest BCUT2D eigenvalue weighted by Gasteiger charge is 2.28. The molecule has 1 nitrogen and oxygen atoms in total. The molecule has 0 aromatic heterocycles. The summed E-state index contributed by atoms with van der Waals surface area (Å²) >= 11 is 0. The smallest absolute Gasteiger partial charge is 0.0348 e. The van der Waals surface area contributed by atoms with Crippen LogP contribution in [0.2, 0.25) is 0 Å². The molecule has 0 radical (unpaired) electrons. The summed E-state index contributed by atoms with van der Waals surface area (Å²) in [6.45, 7) is 7.80. The first-order valence-corrected chi connectivity index (χ1v) is 8.04. The fraction of sp³-hybridized carbons (Fsp3) is 0.667. The van der Waals surface area contributed by atoms with E-state index in [1.54, 1.807) is 0 Å². The van der Waals surface area contributed by atoms with Gasteiger partial charge in [0.15, 0.2) is 0 Å². The third-order valence-corrected chi connectivity index (χ3v) is 4.73. The predicted molar refractivity (Wildman–Crippen MR) is 83.3 cm³/mol. The van der Waals surface area contributed by atoms with E-state index in [2.05, 4.69) is 50.4 Å². The first-order chi connectivity index (χ1) is 9.24. The molecule has 1 fully saturated rings. The molecule has 1 aromatic rings. The third kappa shape index (κ3) is 3.82. The molecule has 3 atom stereocenters. The minimum atomic E-state index is 0.556. The van der Waals surface area contributed by atoms with Gasteiger partial charge >= 0.3 is 0 Å². The Morgan fingerprint density at radius 3 is 2.53 bits per heavy atom. The van der Waals surface area contributed by atoms with Gasteiger partial charge in [0.05, 0.1) is 0 Å². The highest BCUT2D eigenvalue weighted by Crippen LogP contribution is 2.38. The van der Waals surface area contributed by atoms with Gasteiger partial charge in [0.25, 0.3) is 0 Å². The van der Waals surface area contributed by atoms with Crippen molar-refractivity contribution in [3.8, 4) is 0 Å². The van der Waals surface area contributed by atoms with E-state index in [4.69, 9.17) is 0 Å². The zero-order valence-electron chi connectivity index (χ0n) is 12.8. The molecule has 0 saturated heterocycles. The summed E-state index contributed by atoms with van der Waals surface area (Å²) in [5, 5.41) is 3.73. The first kappa shape index (κ1) is 14.6. The maximum Gasteiger partial charge on any atom is 0.0348 e. The summed E-state index contributed by atoms with van der Waals surface area (Å²) in [7, 11) is 0. The topological polar surface area (TPSA) is 12.0 Å². The molecule has 2 rings (SSSR count). The van der Waals surface area contributed by atoms with Crippen molar-refractivity contribution in [2.75, 3.05) is 6.54 Å². The van der Waals surface area contributed by atoms with Crippen LogP contribution < -0.4 is 5.32 Å². The van der Waals surface area contributed by atoms with Gasteiger partial charge in [0.2, 0.25) is 0 Å². The van der Waals surface area contributed by atoms with Gasteiger partial charge in [0.1, 0.15) is 0 Å². The van der Waals surface area contributed by atoms with E-state index < -0.39 is 0 Å². The van der Waals surface area contributed by atoms with Crippen molar-refractivity contribution in [2.24, 2.45) is 11.8 Å². The number of aryl methyl sites for hydroxylation is 1. The summed E-state index contributed by atoms with van der Waals surface area (Å²) in [6, 6.07) is 9.69. The van der Waals surface area contributed by atoms with Gasteiger partial charge in [-0.05, 0) is 43.7 Å². The minimum absolute atomic E-state index is 0.556. The second-order valence-electron chi connectivity index (χ2n) is 6.15. The van der Waals surface area contributed by atoms with Crippen molar-refractivity contribution in [3.05, 3.63) is 35.4 Å². The van der Waals surface area contributed by atoms with E-state index in [1.807, 2.05) is 0 Å². The van der Waals surface area contributed by atoms with Gasteiger partial charge in [-0.25, -0.2) is 0 Å². The Balaban J connectivity index is 2.12. The Labute approximate surface area is 118 Å². The highest BCUT2D eigenvalue weighted by atomic mass is 14.9. The number of rotatable bonds is 5. The van der Waals surface area contributed by atoms with Crippen molar-refractivity contribution >= 4 is 0 Å². The van der Waals surface area contributed by atoms with E-state index >= 15 is 0 Å². The summed E-state index contributed by atoms with van der Waals surface area (Å²) in [4.78, 5) is 0. The lowest BCUT2D eigenvalue weighted by Crippen LogP contribution is -2.31. The second-order valence-corrected chi connectivity index (χ2v) is 6.15. The van der Waals surface area contributed by atoms with Gasteiger partial charge in [-0.2, -0.15) is 0 Å². The van der Waals surface area contributed by atoms with Crippen LogP contribution in [0.4, 0.5) is 0 Å². The Kier molecular flexibility index (Phi) is 5.45. The fourth-order valence-corrected chi connectivity index (χ4v) is 3.56. The van der Waals surface area contributed by atoms with Gasteiger partial charge in [-0.15, -0.1) is 0 Å². The van der Waals surface area contributed by atoms with E-state index in [9.17, 15) is 0 Å². The molecule has 1 heteroatoms. The lowest BCUT2D eigenvalue weighted by Gasteiger charge is -2.35. The summed E-state index contributed by atoms with van der Waals surface area (Å²) in [5.74, 6) is 1.77. The molecule has 1 aromatic carbocycles. The van der Waals surface area contributed by atoms with Crippen LogP contribution in [0.5, 0.6) is 0 Å². The van der Waals surface area contributed by atoms with Gasteiger partial charge in [0, 0.05) is 6.04 Å². The van der Waals surface area contributed by atoms with Gasteiger partial charge in [-0.1, -0.05) is 62.9 Å². The summed E-state index contributed by atoms with van der Waals surface area (Å²) in [5.41, 5.74) is 2.84. The average Bonchev–Trinajstić information content (AvgIpc) is 2.46. The Bertz CT molecular complexity index is 368. The number of benzene rings is 1. The zero-order chi connectivity index (χ0) is 13.7. The summed E-state index contributed by atoms with van der Waals surface area (Å²) in [6.07, 6.45) is 7.00. The van der Waals surface area contributed by atoms with Gasteiger partial charge in [-0.3, -0.25) is 0 Å². The van der Waals surface area contributed by atoms with Crippen molar-refractivity contribution in [1.82, 2.24) is 5.32 Å². The van der Waals surface area contributed by atoms with Crippen LogP contribution in [0, 0.1) is 18.8 Å². The minimum Gasteiger partial charge on any atom is -0.310 e. The molecule has 1 aliphatic rings. The van der Waals surface area contributed by atoms with E-state index in [0.29, 0.717) is 6.04 Å². The van der Waals surface area contributed by atoms with Crippen LogP contribution in [-0.4, -0.2) is 6.54 Å². The van der Waals surface area contributed by atoms with Crippen LogP contribution in [-0.2, 0) is 0 Å². The molecule has 0 heterocycles. The number of nitrogens with one attached hydrogen (secondary N) is 1.